The normalized spacial score (nSPS) is 25.6. The van der Waals surface area contributed by atoms with Gasteiger partial charge >= 0.3 is 11.9 Å². The number of benzene rings is 1. The number of halogens is 2. The highest BCUT2D eigenvalue weighted by Gasteiger charge is 2.67. The molecule has 1 fully saturated rings. The van der Waals surface area contributed by atoms with Crippen LogP contribution in [0, 0.1) is 5.41 Å². The lowest BCUT2D eigenvalue weighted by atomic mass is 9.54. The minimum Gasteiger partial charge on any atom is -0.479 e. The fourth-order valence-electron chi connectivity index (χ4n) is 3.09. The molecule has 1 aromatic rings. The summed E-state index contributed by atoms with van der Waals surface area (Å²) in [6.07, 6.45) is -0.482. The van der Waals surface area contributed by atoms with Crippen LogP contribution in [0.5, 0.6) is 0 Å². The summed E-state index contributed by atoms with van der Waals surface area (Å²) >= 11 is 0. The van der Waals surface area contributed by atoms with Gasteiger partial charge in [0.05, 0.1) is 6.10 Å². The van der Waals surface area contributed by atoms with E-state index in [2.05, 4.69) is 5.32 Å². The minimum atomic E-state index is -3.82. The van der Waals surface area contributed by atoms with Crippen LogP contribution < -0.4 is 5.32 Å². The lowest BCUT2D eigenvalue weighted by Gasteiger charge is -2.58. The van der Waals surface area contributed by atoms with Crippen molar-refractivity contribution in [2.75, 3.05) is 6.61 Å². The lowest BCUT2D eigenvalue weighted by molar-refractivity contribution is -0.199. The Morgan fingerprint density at radius 1 is 1.33 bits per heavy atom. The van der Waals surface area contributed by atoms with E-state index >= 15 is 0 Å². The number of nitrogens with one attached hydrogen (secondary N) is 1. The zero-order valence-corrected chi connectivity index (χ0v) is 13.8. The molecule has 1 amide bonds. The Hall–Kier alpha value is -2.02. The van der Waals surface area contributed by atoms with Gasteiger partial charge in [-0.05, 0) is 6.92 Å². The molecule has 0 spiro atoms. The van der Waals surface area contributed by atoms with E-state index in [1.807, 2.05) is 0 Å². The van der Waals surface area contributed by atoms with E-state index in [-0.39, 0.29) is 6.42 Å². The Bertz CT molecular complexity index is 633. The van der Waals surface area contributed by atoms with Crippen LogP contribution in [0.15, 0.2) is 30.3 Å². The van der Waals surface area contributed by atoms with Crippen molar-refractivity contribution in [3.63, 3.8) is 0 Å². The Kier molecular flexibility index (Phi) is 4.68. The van der Waals surface area contributed by atoms with E-state index in [1.165, 1.54) is 12.1 Å². The second-order valence-electron chi connectivity index (χ2n) is 6.47. The van der Waals surface area contributed by atoms with Gasteiger partial charge in [0, 0.05) is 24.0 Å². The second kappa shape index (κ2) is 6.12. The maximum atomic E-state index is 14.4. The molecule has 2 N–H and O–H groups in total. The molecule has 0 heterocycles. The predicted molar refractivity (Wildman–Crippen MR) is 82.7 cm³/mol. The summed E-state index contributed by atoms with van der Waals surface area (Å²) in [5, 5.41) is 11.7. The largest absolute Gasteiger partial charge is 0.479 e. The molecule has 0 aliphatic heterocycles. The molecule has 7 heteroatoms. The molecule has 1 aliphatic carbocycles. The molecular formula is C17H21F2NO4. The summed E-state index contributed by atoms with van der Waals surface area (Å²) in [4.78, 5) is 23.9. The van der Waals surface area contributed by atoms with Crippen LogP contribution in [0.4, 0.5) is 8.78 Å². The monoisotopic (exact) mass is 341 g/mol. The lowest BCUT2D eigenvalue weighted by Crippen LogP contribution is -2.77. The molecule has 2 atom stereocenters. The van der Waals surface area contributed by atoms with Gasteiger partial charge in [0.15, 0.2) is 0 Å². The number of carboxylic acids is 1. The van der Waals surface area contributed by atoms with Gasteiger partial charge in [-0.25, -0.2) is 4.79 Å². The molecule has 1 aliphatic rings. The van der Waals surface area contributed by atoms with Gasteiger partial charge in [0.25, 0.3) is 5.91 Å². The number of alkyl halides is 2. The van der Waals surface area contributed by atoms with Crippen molar-refractivity contribution in [1.29, 1.82) is 0 Å². The molecule has 132 valence electrons. The number of hydrogen-bond acceptors (Lipinski definition) is 3. The summed E-state index contributed by atoms with van der Waals surface area (Å²) in [5.74, 6) is -6.80. The van der Waals surface area contributed by atoms with Crippen molar-refractivity contribution in [2.45, 2.75) is 44.8 Å². The van der Waals surface area contributed by atoms with Gasteiger partial charge in [0.2, 0.25) is 0 Å². The first-order valence-corrected chi connectivity index (χ1v) is 7.70. The van der Waals surface area contributed by atoms with Crippen molar-refractivity contribution in [1.82, 2.24) is 5.32 Å². The number of amides is 1. The maximum Gasteiger partial charge on any atom is 0.349 e. The van der Waals surface area contributed by atoms with Crippen molar-refractivity contribution < 1.29 is 28.2 Å². The molecule has 0 radical (unpaired) electrons. The standard InChI is InChI=1S/C17H21F2NO4/c1-4-24-12-10-16(14(22)23,15(12,2)3)20-13(21)17(18,19)11-8-6-5-7-9-11/h5-9,12H,4,10H2,1-3H3,(H,20,21)(H,22,23). The van der Waals surface area contributed by atoms with E-state index in [4.69, 9.17) is 4.74 Å². The summed E-state index contributed by atoms with van der Waals surface area (Å²) < 4.78 is 34.2. The molecule has 1 saturated carbocycles. The number of carbonyl (C=O) groups excluding carboxylic acids is 1. The first-order chi connectivity index (χ1) is 11.1. The number of carbonyl (C=O) groups is 2. The van der Waals surface area contributed by atoms with Gasteiger partial charge in [-0.1, -0.05) is 44.2 Å². The zero-order valence-electron chi connectivity index (χ0n) is 13.8. The smallest absolute Gasteiger partial charge is 0.349 e. The molecule has 0 bridgehead atoms. The van der Waals surface area contributed by atoms with Crippen LogP contribution in [-0.2, 0) is 20.2 Å². The molecule has 0 saturated heterocycles. The van der Waals surface area contributed by atoms with E-state index in [9.17, 15) is 23.5 Å². The van der Waals surface area contributed by atoms with Crippen molar-refractivity contribution in [3.8, 4) is 0 Å². The highest BCUT2D eigenvalue weighted by Crippen LogP contribution is 2.52. The topological polar surface area (TPSA) is 75.6 Å². The highest BCUT2D eigenvalue weighted by atomic mass is 19.3. The summed E-state index contributed by atoms with van der Waals surface area (Å²) in [7, 11) is 0. The SMILES string of the molecule is CCOC1CC(NC(=O)C(F)(F)c2ccccc2)(C(=O)O)C1(C)C. The Morgan fingerprint density at radius 2 is 1.92 bits per heavy atom. The summed E-state index contributed by atoms with van der Waals surface area (Å²) in [6.45, 7) is 5.31. The van der Waals surface area contributed by atoms with Gasteiger partial charge in [-0.3, -0.25) is 4.79 Å². The quantitative estimate of drug-likeness (QED) is 0.834. The third-order valence-electron chi connectivity index (χ3n) is 4.88. The number of carboxylic acid groups (broad SMARTS) is 1. The average molecular weight is 341 g/mol. The minimum absolute atomic E-state index is 0.0558. The second-order valence-corrected chi connectivity index (χ2v) is 6.47. The third-order valence-corrected chi connectivity index (χ3v) is 4.88. The van der Waals surface area contributed by atoms with E-state index in [1.54, 1.807) is 26.8 Å². The van der Waals surface area contributed by atoms with Crippen molar-refractivity contribution >= 4 is 11.9 Å². The molecule has 5 nitrogen and oxygen atoms in total. The van der Waals surface area contributed by atoms with Gasteiger partial charge in [-0.15, -0.1) is 0 Å². The molecule has 1 aromatic carbocycles. The van der Waals surface area contributed by atoms with Crippen LogP contribution >= 0.6 is 0 Å². The number of ether oxygens (including phenoxy) is 1. The number of rotatable bonds is 6. The molecule has 0 aromatic heterocycles. The van der Waals surface area contributed by atoms with Crippen LogP contribution in [0.3, 0.4) is 0 Å². The average Bonchev–Trinajstić information content (AvgIpc) is 2.53. The predicted octanol–water partition coefficient (Wildman–Crippen LogP) is 2.55. The fraction of sp³-hybridized carbons (Fsp3) is 0.529. The molecule has 2 rings (SSSR count). The maximum absolute atomic E-state index is 14.4. The van der Waals surface area contributed by atoms with Crippen LogP contribution in [-0.4, -0.2) is 35.2 Å². The number of hydrogen-bond donors (Lipinski definition) is 2. The van der Waals surface area contributed by atoms with Gasteiger partial charge < -0.3 is 15.2 Å². The number of aliphatic carboxylic acids is 1. The highest BCUT2D eigenvalue weighted by molar-refractivity contribution is 5.92. The first-order valence-electron chi connectivity index (χ1n) is 7.70. The van der Waals surface area contributed by atoms with E-state index in [0.717, 1.165) is 12.1 Å². The Labute approximate surface area is 139 Å². The molecular weight excluding hydrogens is 320 g/mol. The fourth-order valence-corrected chi connectivity index (χ4v) is 3.09. The first kappa shape index (κ1) is 18.3. The van der Waals surface area contributed by atoms with Crippen LogP contribution in [0.25, 0.3) is 0 Å². The van der Waals surface area contributed by atoms with E-state index in [0.29, 0.717) is 6.61 Å². The van der Waals surface area contributed by atoms with Crippen LogP contribution in [0.2, 0.25) is 0 Å². The van der Waals surface area contributed by atoms with Crippen molar-refractivity contribution in [3.05, 3.63) is 35.9 Å². The summed E-state index contributed by atoms with van der Waals surface area (Å²) in [5.41, 5.74) is -3.29. The Balaban J connectivity index is 2.27. The molecule has 24 heavy (non-hydrogen) atoms. The zero-order chi connectivity index (χ0) is 18.2. The van der Waals surface area contributed by atoms with E-state index < -0.39 is 40.4 Å². The van der Waals surface area contributed by atoms with Gasteiger partial charge in [-0.2, -0.15) is 8.78 Å². The Morgan fingerprint density at radius 3 is 2.38 bits per heavy atom. The van der Waals surface area contributed by atoms with Crippen molar-refractivity contribution in [2.24, 2.45) is 5.41 Å². The third kappa shape index (κ3) is 2.66. The summed E-state index contributed by atoms with van der Waals surface area (Å²) in [6, 6.07) is 6.59. The molecule has 2 unspecified atom stereocenters. The van der Waals surface area contributed by atoms with Crippen LogP contribution in [0.1, 0.15) is 32.8 Å². The van der Waals surface area contributed by atoms with Gasteiger partial charge in [0.1, 0.15) is 5.54 Å².